The van der Waals surface area contributed by atoms with E-state index in [1.54, 1.807) is 7.05 Å². The Kier molecular flexibility index (Phi) is 2.41. The molecule has 4 nitrogen and oxygen atoms in total. The Morgan fingerprint density at radius 2 is 2.14 bits per heavy atom. The molecule has 5 heteroatoms. The van der Waals surface area contributed by atoms with Gasteiger partial charge in [-0.25, -0.2) is 0 Å². The van der Waals surface area contributed by atoms with Crippen molar-refractivity contribution in [3.05, 3.63) is 18.2 Å². The minimum atomic E-state index is 0.287. The van der Waals surface area contributed by atoms with Crippen molar-refractivity contribution in [3.8, 4) is 11.5 Å². The lowest BCUT2D eigenvalue weighted by molar-refractivity contribution is 0.174. The van der Waals surface area contributed by atoms with Crippen LogP contribution in [0.15, 0.2) is 18.2 Å². The van der Waals surface area contributed by atoms with Crippen LogP contribution in [-0.2, 0) is 0 Å². The molecule has 0 unspecified atom stereocenters. The summed E-state index contributed by atoms with van der Waals surface area (Å²) in [6, 6.07) is 5.59. The molecule has 74 valence electrons. The highest BCUT2D eigenvalue weighted by molar-refractivity contribution is 7.80. The molecule has 0 bridgehead atoms. The second-order valence-corrected chi connectivity index (χ2v) is 3.18. The second-order valence-electron chi connectivity index (χ2n) is 2.77. The van der Waals surface area contributed by atoms with Crippen LogP contribution in [0.2, 0.25) is 0 Å². The first-order valence-electron chi connectivity index (χ1n) is 4.18. The van der Waals surface area contributed by atoms with Gasteiger partial charge in [-0.3, -0.25) is 0 Å². The number of hydrogen-bond donors (Lipinski definition) is 2. The Morgan fingerprint density at radius 1 is 1.36 bits per heavy atom. The van der Waals surface area contributed by atoms with Crippen LogP contribution >= 0.6 is 12.2 Å². The molecule has 0 amide bonds. The standard InChI is InChI=1S/C9H10N2O2S/c1-10-9(14)11-6-2-3-7-8(4-6)13-5-12-7/h2-4H,5H2,1H3,(H2,10,11,14). The summed E-state index contributed by atoms with van der Waals surface area (Å²) < 4.78 is 10.4. The van der Waals surface area contributed by atoms with Gasteiger partial charge in [0.2, 0.25) is 6.79 Å². The van der Waals surface area contributed by atoms with Gasteiger partial charge < -0.3 is 20.1 Å². The first kappa shape index (κ1) is 9.08. The maximum absolute atomic E-state index is 5.23. The van der Waals surface area contributed by atoms with E-state index < -0.39 is 0 Å². The summed E-state index contributed by atoms with van der Waals surface area (Å²) in [6.45, 7) is 0.287. The van der Waals surface area contributed by atoms with Gasteiger partial charge in [-0.1, -0.05) is 0 Å². The highest BCUT2D eigenvalue weighted by atomic mass is 32.1. The van der Waals surface area contributed by atoms with Crippen LogP contribution in [0.25, 0.3) is 0 Å². The highest BCUT2D eigenvalue weighted by Crippen LogP contribution is 2.34. The highest BCUT2D eigenvalue weighted by Gasteiger charge is 2.13. The Morgan fingerprint density at radius 3 is 2.93 bits per heavy atom. The molecule has 0 fully saturated rings. The van der Waals surface area contributed by atoms with Crippen LogP contribution in [0.3, 0.4) is 0 Å². The molecule has 1 aliphatic rings. The van der Waals surface area contributed by atoms with E-state index in [4.69, 9.17) is 21.7 Å². The lowest BCUT2D eigenvalue weighted by atomic mass is 10.3. The largest absolute Gasteiger partial charge is 0.454 e. The monoisotopic (exact) mass is 210 g/mol. The summed E-state index contributed by atoms with van der Waals surface area (Å²) in [5, 5.41) is 6.41. The van der Waals surface area contributed by atoms with Crippen LogP contribution in [0, 0.1) is 0 Å². The zero-order valence-electron chi connectivity index (χ0n) is 7.66. The predicted molar refractivity (Wildman–Crippen MR) is 57.8 cm³/mol. The van der Waals surface area contributed by atoms with E-state index >= 15 is 0 Å². The molecule has 2 rings (SSSR count). The smallest absolute Gasteiger partial charge is 0.231 e. The van der Waals surface area contributed by atoms with E-state index in [9.17, 15) is 0 Å². The lowest BCUT2D eigenvalue weighted by Gasteiger charge is -2.07. The number of nitrogens with one attached hydrogen (secondary N) is 2. The second kappa shape index (κ2) is 3.71. The molecule has 0 aromatic heterocycles. The summed E-state index contributed by atoms with van der Waals surface area (Å²) in [4.78, 5) is 0. The number of hydrogen-bond acceptors (Lipinski definition) is 3. The first-order chi connectivity index (χ1) is 6.79. The molecular formula is C9H10N2O2S. The van der Waals surface area contributed by atoms with Crippen molar-refractivity contribution in [1.82, 2.24) is 5.32 Å². The normalized spacial score (nSPS) is 12.4. The van der Waals surface area contributed by atoms with Crippen LogP contribution < -0.4 is 20.1 Å². The molecule has 1 aromatic carbocycles. The van der Waals surface area contributed by atoms with Gasteiger partial charge in [0.05, 0.1) is 0 Å². The molecule has 0 radical (unpaired) electrons. The summed E-state index contributed by atoms with van der Waals surface area (Å²) in [6.07, 6.45) is 0. The minimum absolute atomic E-state index is 0.287. The predicted octanol–water partition coefficient (Wildman–Crippen LogP) is 1.33. The van der Waals surface area contributed by atoms with Gasteiger partial charge in [0.15, 0.2) is 16.6 Å². The fourth-order valence-electron chi connectivity index (χ4n) is 1.17. The van der Waals surface area contributed by atoms with Gasteiger partial charge >= 0.3 is 0 Å². The van der Waals surface area contributed by atoms with Gasteiger partial charge in [0.1, 0.15) is 0 Å². The third-order valence-electron chi connectivity index (χ3n) is 1.86. The van der Waals surface area contributed by atoms with Crippen LogP contribution in [0.5, 0.6) is 11.5 Å². The Bertz CT molecular complexity index is 368. The Hall–Kier alpha value is -1.49. The molecule has 1 heterocycles. The van der Waals surface area contributed by atoms with E-state index in [0.29, 0.717) is 5.11 Å². The van der Waals surface area contributed by atoms with E-state index in [0.717, 1.165) is 17.2 Å². The van der Waals surface area contributed by atoms with Gasteiger partial charge in [0, 0.05) is 18.8 Å². The van der Waals surface area contributed by atoms with Gasteiger partial charge in [0.25, 0.3) is 0 Å². The minimum Gasteiger partial charge on any atom is -0.454 e. The van der Waals surface area contributed by atoms with Gasteiger partial charge in [-0.05, 0) is 24.4 Å². The van der Waals surface area contributed by atoms with Gasteiger partial charge in [-0.15, -0.1) is 0 Å². The number of thiocarbonyl (C=S) groups is 1. The lowest BCUT2D eigenvalue weighted by Crippen LogP contribution is -2.23. The first-order valence-corrected chi connectivity index (χ1v) is 4.59. The van der Waals surface area contributed by atoms with Crippen molar-refractivity contribution < 1.29 is 9.47 Å². The quantitative estimate of drug-likeness (QED) is 0.684. The topological polar surface area (TPSA) is 42.5 Å². The fourth-order valence-corrected chi connectivity index (χ4v) is 1.29. The fraction of sp³-hybridized carbons (Fsp3) is 0.222. The molecule has 0 atom stereocenters. The Labute approximate surface area is 87.2 Å². The summed E-state index contributed by atoms with van der Waals surface area (Å²) in [7, 11) is 1.77. The van der Waals surface area contributed by atoms with Crippen molar-refractivity contribution >= 4 is 23.0 Å². The number of anilines is 1. The molecule has 14 heavy (non-hydrogen) atoms. The van der Waals surface area contributed by atoms with Crippen LogP contribution in [0.1, 0.15) is 0 Å². The average molecular weight is 210 g/mol. The van der Waals surface area contributed by atoms with Crippen LogP contribution in [-0.4, -0.2) is 19.0 Å². The SMILES string of the molecule is CNC(=S)Nc1ccc2c(c1)OCO2. The van der Waals surface area contributed by atoms with Crippen molar-refractivity contribution in [2.24, 2.45) is 0 Å². The molecule has 1 aliphatic heterocycles. The van der Waals surface area contributed by atoms with Crippen molar-refractivity contribution in [3.63, 3.8) is 0 Å². The Balaban J connectivity index is 2.16. The number of fused-ring (bicyclic) bond motifs is 1. The maximum Gasteiger partial charge on any atom is 0.231 e. The summed E-state index contributed by atoms with van der Waals surface area (Å²) in [5.74, 6) is 1.51. The third kappa shape index (κ3) is 1.72. The molecular weight excluding hydrogens is 200 g/mol. The number of ether oxygens (including phenoxy) is 2. The molecule has 1 aromatic rings. The van der Waals surface area contributed by atoms with E-state index in [1.165, 1.54) is 0 Å². The van der Waals surface area contributed by atoms with Crippen molar-refractivity contribution in [2.45, 2.75) is 0 Å². The average Bonchev–Trinajstić information content (AvgIpc) is 2.64. The molecule has 0 saturated carbocycles. The molecule has 0 spiro atoms. The van der Waals surface area contributed by atoms with Gasteiger partial charge in [-0.2, -0.15) is 0 Å². The van der Waals surface area contributed by atoms with Crippen molar-refractivity contribution in [1.29, 1.82) is 0 Å². The number of benzene rings is 1. The summed E-state index contributed by atoms with van der Waals surface area (Å²) >= 11 is 4.97. The number of rotatable bonds is 1. The summed E-state index contributed by atoms with van der Waals surface area (Å²) in [5.41, 5.74) is 0.883. The van der Waals surface area contributed by atoms with Crippen LogP contribution in [0.4, 0.5) is 5.69 Å². The molecule has 2 N–H and O–H groups in total. The molecule has 0 saturated heterocycles. The zero-order valence-corrected chi connectivity index (χ0v) is 8.48. The maximum atomic E-state index is 5.23. The van der Waals surface area contributed by atoms with E-state index in [-0.39, 0.29) is 6.79 Å². The van der Waals surface area contributed by atoms with E-state index in [1.807, 2.05) is 18.2 Å². The van der Waals surface area contributed by atoms with Crippen molar-refractivity contribution in [2.75, 3.05) is 19.2 Å². The zero-order chi connectivity index (χ0) is 9.97. The molecule has 0 aliphatic carbocycles. The van der Waals surface area contributed by atoms with E-state index in [2.05, 4.69) is 10.6 Å². The third-order valence-corrected chi connectivity index (χ3v) is 2.16.